The number of unbranched alkanes of at least 4 members (excludes halogenated alkanes) is 42. The predicted molar refractivity (Wildman–Crippen MR) is 259 cm³/mol. The van der Waals surface area contributed by atoms with E-state index in [1.54, 1.807) is 0 Å². The average Bonchev–Trinajstić information content (AvgIpc) is 3.23. The van der Waals surface area contributed by atoms with Gasteiger partial charge in [-0.3, -0.25) is 4.79 Å². The molecule has 1 amide bonds. The lowest BCUT2D eigenvalue weighted by molar-refractivity contribution is -0.125. The molecule has 0 aromatic heterocycles. The molecule has 0 aromatic carbocycles. The smallest absolute Gasteiger partial charge is 0.222 e. The highest BCUT2D eigenvalue weighted by Gasteiger charge is 2.21. The summed E-state index contributed by atoms with van der Waals surface area (Å²) in [6.45, 7) is 4.30. The number of hydrogen-bond donors (Lipinski definition) is 4. The molecule has 0 aliphatic rings. The molecule has 4 N–H and O–H groups in total. The maximum atomic E-state index is 12.5. The molecule has 5 nitrogen and oxygen atoms in total. The number of aliphatic hydroxyl groups is 3. The first-order valence-corrected chi connectivity index (χ1v) is 27.3. The molecule has 5 heteroatoms. The Hall–Kier alpha value is -0.650. The molecule has 0 saturated carbocycles. The first kappa shape index (κ1) is 58.4. The van der Waals surface area contributed by atoms with Gasteiger partial charge in [-0.2, -0.15) is 0 Å². The van der Waals surface area contributed by atoms with E-state index >= 15 is 0 Å². The Morgan fingerprint density at radius 3 is 0.814 bits per heavy atom. The Balaban J connectivity index is 3.45. The maximum absolute atomic E-state index is 12.5. The van der Waals surface area contributed by atoms with E-state index in [4.69, 9.17) is 0 Å². The average molecular weight is 836 g/mol. The summed E-state index contributed by atoms with van der Waals surface area (Å²) in [6.07, 6.45) is 59.7. The van der Waals surface area contributed by atoms with Crippen LogP contribution in [0.5, 0.6) is 0 Å². The van der Waals surface area contributed by atoms with Gasteiger partial charge in [0, 0.05) is 0 Å². The minimum absolute atomic E-state index is 0.0434. The quantitative estimate of drug-likeness (QED) is 0.0460. The van der Waals surface area contributed by atoms with E-state index in [0.29, 0.717) is 12.8 Å². The molecule has 0 fully saturated rings. The van der Waals surface area contributed by atoms with Gasteiger partial charge in [0.15, 0.2) is 0 Å². The summed E-state index contributed by atoms with van der Waals surface area (Å²) in [5, 5.41) is 33.6. The van der Waals surface area contributed by atoms with Gasteiger partial charge < -0.3 is 20.6 Å². The van der Waals surface area contributed by atoms with E-state index in [9.17, 15) is 20.1 Å². The number of rotatable bonds is 51. The Morgan fingerprint density at radius 1 is 0.356 bits per heavy atom. The number of hydrogen-bond acceptors (Lipinski definition) is 4. The first-order chi connectivity index (χ1) is 29.0. The van der Waals surface area contributed by atoms with Crippen LogP contribution in [0.25, 0.3) is 0 Å². The van der Waals surface area contributed by atoms with Gasteiger partial charge in [0.05, 0.1) is 31.3 Å². The van der Waals surface area contributed by atoms with Crippen molar-refractivity contribution < 1.29 is 20.1 Å². The molecule has 0 aliphatic heterocycles. The summed E-state index contributed by atoms with van der Waals surface area (Å²) < 4.78 is 0. The number of aliphatic hydroxyl groups excluding tert-OH is 3. The van der Waals surface area contributed by atoms with E-state index in [1.165, 1.54) is 257 Å². The van der Waals surface area contributed by atoms with E-state index in [-0.39, 0.29) is 18.9 Å². The highest BCUT2D eigenvalue weighted by molar-refractivity contribution is 5.76. The van der Waals surface area contributed by atoms with Crippen LogP contribution in [0.3, 0.4) is 0 Å². The molecule has 0 saturated heterocycles. The summed E-state index contributed by atoms with van der Waals surface area (Å²) in [7, 11) is 0. The highest BCUT2D eigenvalue weighted by atomic mass is 16.3. The second kappa shape index (κ2) is 50.0. The second-order valence-electron chi connectivity index (χ2n) is 19.2. The van der Waals surface area contributed by atoms with Crippen molar-refractivity contribution in [2.24, 2.45) is 0 Å². The topological polar surface area (TPSA) is 89.8 Å². The normalized spacial score (nSPS) is 13.2. The van der Waals surface area contributed by atoms with Crippen LogP contribution in [0.2, 0.25) is 0 Å². The molecule has 0 bridgehead atoms. The van der Waals surface area contributed by atoms with Gasteiger partial charge in [0.2, 0.25) is 5.91 Å². The largest absolute Gasteiger partial charge is 0.394 e. The zero-order valence-corrected chi connectivity index (χ0v) is 40.4. The molecule has 0 heterocycles. The molecule has 3 unspecified atom stereocenters. The Morgan fingerprint density at radius 2 is 0.576 bits per heavy atom. The summed E-state index contributed by atoms with van der Waals surface area (Å²) in [5.74, 6) is -0.275. The van der Waals surface area contributed by atoms with Crippen molar-refractivity contribution in [3.05, 3.63) is 0 Å². The molecule has 0 spiro atoms. The van der Waals surface area contributed by atoms with Crippen LogP contribution in [0.4, 0.5) is 0 Å². The van der Waals surface area contributed by atoms with Crippen molar-refractivity contribution >= 4 is 5.91 Å². The number of carbonyl (C=O) groups excluding carboxylic acids is 1. The molecule has 0 radical (unpaired) electrons. The maximum Gasteiger partial charge on any atom is 0.222 e. The third-order valence-corrected chi connectivity index (χ3v) is 13.2. The lowest BCUT2D eigenvalue weighted by Crippen LogP contribution is -2.46. The van der Waals surface area contributed by atoms with Crippen LogP contribution in [-0.4, -0.2) is 46.1 Å². The standard InChI is InChI=1S/C54H109NO4/c1-3-5-7-9-11-13-15-17-19-20-21-22-23-24-25-26-27-28-29-30-31-32-34-35-37-39-41-43-45-47-51(57)49-54(59)55-52(50-56)53(58)48-46-44-42-40-38-36-33-18-16-14-12-10-8-6-4-2/h51-53,56-58H,3-50H2,1-2H3,(H,55,59). The number of amides is 1. The van der Waals surface area contributed by atoms with Gasteiger partial charge in [-0.15, -0.1) is 0 Å². The van der Waals surface area contributed by atoms with Crippen molar-refractivity contribution in [1.82, 2.24) is 5.32 Å². The van der Waals surface area contributed by atoms with Crippen molar-refractivity contribution in [2.45, 2.75) is 334 Å². The fourth-order valence-corrected chi connectivity index (χ4v) is 9.00. The highest BCUT2D eigenvalue weighted by Crippen LogP contribution is 2.18. The van der Waals surface area contributed by atoms with E-state index in [2.05, 4.69) is 19.2 Å². The summed E-state index contributed by atoms with van der Waals surface area (Å²) in [5.41, 5.74) is 0. The summed E-state index contributed by atoms with van der Waals surface area (Å²) >= 11 is 0. The molecule has 354 valence electrons. The van der Waals surface area contributed by atoms with Crippen molar-refractivity contribution in [1.29, 1.82) is 0 Å². The van der Waals surface area contributed by atoms with Gasteiger partial charge in [-0.1, -0.05) is 296 Å². The molecular weight excluding hydrogens is 727 g/mol. The third-order valence-electron chi connectivity index (χ3n) is 13.2. The zero-order valence-electron chi connectivity index (χ0n) is 40.4. The fourth-order valence-electron chi connectivity index (χ4n) is 9.00. The molecule has 59 heavy (non-hydrogen) atoms. The van der Waals surface area contributed by atoms with Crippen LogP contribution in [0.15, 0.2) is 0 Å². The van der Waals surface area contributed by atoms with Crippen LogP contribution in [-0.2, 0) is 4.79 Å². The molecule has 3 atom stereocenters. The van der Waals surface area contributed by atoms with E-state index in [1.807, 2.05) is 0 Å². The van der Waals surface area contributed by atoms with Gasteiger partial charge in [0.1, 0.15) is 0 Å². The molecule has 0 aromatic rings. The SMILES string of the molecule is CCCCCCCCCCCCCCCCCCCCCCCCCCCCCCCC(O)CC(=O)NC(CO)C(O)CCCCCCCCCCCCCCCCC. The lowest BCUT2D eigenvalue weighted by atomic mass is 10.0. The van der Waals surface area contributed by atoms with Gasteiger partial charge in [0.25, 0.3) is 0 Å². The van der Waals surface area contributed by atoms with Crippen LogP contribution in [0.1, 0.15) is 316 Å². The number of nitrogens with one attached hydrogen (secondary N) is 1. The van der Waals surface area contributed by atoms with Crippen molar-refractivity contribution in [3.63, 3.8) is 0 Å². The molecule has 0 rings (SSSR count). The van der Waals surface area contributed by atoms with Crippen LogP contribution >= 0.6 is 0 Å². The van der Waals surface area contributed by atoms with E-state index in [0.717, 1.165) is 25.7 Å². The second-order valence-corrected chi connectivity index (χ2v) is 19.2. The van der Waals surface area contributed by atoms with Crippen LogP contribution < -0.4 is 5.32 Å². The third kappa shape index (κ3) is 46.7. The fraction of sp³-hybridized carbons (Fsp3) is 0.981. The van der Waals surface area contributed by atoms with Crippen LogP contribution in [0, 0.1) is 0 Å². The van der Waals surface area contributed by atoms with E-state index < -0.39 is 18.2 Å². The lowest BCUT2D eigenvalue weighted by Gasteiger charge is -2.23. The summed E-state index contributed by atoms with van der Waals surface area (Å²) in [4.78, 5) is 12.5. The predicted octanol–water partition coefficient (Wildman–Crippen LogP) is 16.6. The zero-order chi connectivity index (χ0) is 43.0. The van der Waals surface area contributed by atoms with Crippen molar-refractivity contribution in [2.75, 3.05) is 6.61 Å². The minimum Gasteiger partial charge on any atom is -0.394 e. The monoisotopic (exact) mass is 836 g/mol. The molecular formula is C54H109NO4. The van der Waals surface area contributed by atoms with Gasteiger partial charge in [-0.25, -0.2) is 0 Å². The summed E-state index contributed by atoms with van der Waals surface area (Å²) in [6, 6.07) is -0.653. The first-order valence-electron chi connectivity index (χ1n) is 27.3. The minimum atomic E-state index is -0.744. The Bertz CT molecular complexity index is 792. The van der Waals surface area contributed by atoms with Gasteiger partial charge >= 0.3 is 0 Å². The Kier molecular flexibility index (Phi) is 49.4. The molecule has 0 aliphatic carbocycles. The van der Waals surface area contributed by atoms with Crippen molar-refractivity contribution in [3.8, 4) is 0 Å². The Labute approximate surface area is 370 Å². The number of carbonyl (C=O) groups is 1. The van der Waals surface area contributed by atoms with Gasteiger partial charge in [-0.05, 0) is 12.8 Å².